The number of carboxylic acid groups (broad SMARTS) is 1. The summed E-state index contributed by atoms with van der Waals surface area (Å²) in [6.07, 6.45) is 2.36. The van der Waals surface area contributed by atoms with Crippen molar-refractivity contribution in [2.75, 3.05) is 5.32 Å². The van der Waals surface area contributed by atoms with Crippen molar-refractivity contribution in [3.63, 3.8) is 0 Å². The molecule has 5 heteroatoms. The molecule has 1 saturated carbocycles. The molecule has 0 unspecified atom stereocenters. The summed E-state index contributed by atoms with van der Waals surface area (Å²) in [5.41, 5.74) is 1.81. The first kappa shape index (κ1) is 9.21. The molecule has 0 aliphatic heterocycles. The molecule has 0 spiro atoms. The monoisotopic (exact) mass is 217 g/mol. The van der Waals surface area contributed by atoms with E-state index in [1.165, 1.54) is 12.8 Å². The summed E-state index contributed by atoms with van der Waals surface area (Å²) in [6, 6.07) is 5.40. The standard InChI is InChI=1S/C11H11N3O2/c15-10(16)6-1-4-8-9(5-6)14-11(13-8)12-7-2-3-7/h1,4-5,7H,2-3H2,(H,15,16)(H2,12,13,14). The van der Waals surface area contributed by atoms with Crippen LogP contribution in [-0.2, 0) is 0 Å². The van der Waals surface area contributed by atoms with Crippen LogP contribution in [0.5, 0.6) is 0 Å². The zero-order valence-corrected chi connectivity index (χ0v) is 8.53. The van der Waals surface area contributed by atoms with E-state index in [-0.39, 0.29) is 5.56 Å². The number of H-pyrrole nitrogens is 1. The van der Waals surface area contributed by atoms with E-state index >= 15 is 0 Å². The smallest absolute Gasteiger partial charge is 0.335 e. The molecule has 1 aliphatic carbocycles. The molecular weight excluding hydrogens is 206 g/mol. The Bertz CT molecular complexity index is 557. The number of nitrogens with one attached hydrogen (secondary N) is 2. The third-order valence-electron chi connectivity index (χ3n) is 2.65. The Hall–Kier alpha value is -2.04. The number of carboxylic acids is 1. The molecule has 0 bridgehead atoms. The van der Waals surface area contributed by atoms with E-state index in [0.717, 1.165) is 17.0 Å². The quantitative estimate of drug-likeness (QED) is 0.733. The molecule has 1 aliphatic rings. The first-order chi connectivity index (χ1) is 7.72. The van der Waals surface area contributed by atoms with Gasteiger partial charge in [0.15, 0.2) is 0 Å². The summed E-state index contributed by atoms with van der Waals surface area (Å²) >= 11 is 0. The highest BCUT2D eigenvalue weighted by molar-refractivity contribution is 5.92. The van der Waals surface area contributed by atoms with E-state index < -0.39 is 5.97 Å². The lowest BCUT2D eigenvalue weighted by atomic mass is 10.2. The van der Waals surface area contributed by atoms with Crippen molar-refractivity contribution in [1.29, 1.82) is 0 Å². The second kappa shape index (κ2) is 3.23. The number of hydrogen-bond donors (Lipinski definition) is 3. The summed E-state index contributed by atoms with van der Waals surface area (Å²) in [7, 11) is 0. The normalized spacial score (nSPS) is 15.2. The minimum atomic E-state index is -0.923. The van der Waals surface area contributed by atoms with Gasteiger partial charge in [-0.3, -0.25) is 0 Å². The lowest BCUT2D eigenvalue weighted by Gasteiger charge is -1.95. The van der Waals surface area contributed by atoms with E-state index in [0.29, 0.717) is 6.04 Å². The molecule has 3 N–H and O–H groups in total. The van der Waals surface area contributed by atoms with Crippen molar-refractivity contribution < 1.29 is 9.90 Å². The fourth-order valence-corrected chi connectivity index (χ4v) is 1.63. The molecule has 0 atom stereocenters. The van der Waals surface area contributed by atoms with Crippen molar-refractivity contribution in [3.8, 4) is 0 Å². The number of carbonyl (C=O) groups is 1. The number of aromatic nitrogens is 2. The molecule has 5 nitrogen and oxygen atoms in total. The topological polar surface area (TPSA) is 78.0 Å². The van der Waals surface area contributed by atoms with Crippen LogP contribution in [0.2, 0.25) is 0 Å². The Morgan fingerprint density at radius 3 is 3.00 bits per heavy atom. The van der Waals surface area contributed by atoms with Gasteiger partial charge in [0, 0.05) is 6.04 Å². The second-order valence-corrected chi connectivity index (χ2v) is 4.04. The predicted octanol–water partition coefficient (Wildman–Crippen LogP) is 1.84. The van der Waals surface area contributed by atoms with Crippen LogP contribution in [0.15, 0.2) is 18.2 Å². The number of benzene rings is 1. The number of hydrogen-bond acceptors (Lipinski definition) is 3. The summed E-state index contributed by atoms with van der Waals surface area (Å²) in [4.78, 5) is 18.2. The van der Waals surface area contributed by atoms with Crippen LogP contribution in [0.25, 0.3) is 11.0 Å². The maximum absolute atomic E-state index is 10.8. The van der Waals surface area contributed by atoms with Gasteiger partial charge in [-0.05, 0) is 31.0 Å². The number of nitrogens with zero attached hydrogens (tertiary/aromatic N) is 1. The summed E-state index contributed by atoms with van der Waals surface area (Å²) in [5, 5.41) is 12.1. The van der Waals surface area contributed by atoms with Gasteiger partial charge >= 0.3 is 5.97 Å². The van der Waals surface area contributed by atoms with Crippen LogP contribution in [-0.4, -0.2) is 27.1 Å². The van der Waals surface area contributed by atoms with Gasteiger partial charge in [-0.15, -0.1) is 0 Å². The number of aromatic amines is 1. The molecule has 0 radical (unpaired) electrons. The third kappa shape index (κ3) is 1.60. The van der Waals surface area contributed by atoms with Crippen LogP contribution in [0, 0.1) is 0 Å². The molecule has 3 rings (SSSR count). The molecule has 16 heavy (non-hydrogen) atoms. The molecule has 2 aromatic rings. The van der Waals surface area contributed by atoms with E-state index in [2.05, 4.69) is 15.3 Å². The summed E-state index contributed by atoms with van der Waals surface area (Å²) in [5.74, 6) is -0.201. The highest BCUT2D eigenvalue weighted by Gasteiger charge is 2.22. The van der Waals surface area contributed by atoms with E-state index in [9.17, 15) is 4.79 Å². The first-order valence-electron chi connectivity index (χ1n) is 5.22. The maximum Gasteiger partial charge on any atom is 0.335 e. The van der Waals surface area contributed by atoms with Crippen LogP contribution in [0.1, 0.15) is 23.2 Å². The van der Waals surface area contributed by atoms with Crippen LogP contribution in [0.4, 0.5) is 5.95 Å². The van der Waals surface area contributed by atoms with Crippen LogP contribution in [0.3, 0.4) is 0 Å². The van der Waals surface area contributed by atoms with Gasteiger partial charge in [-0.25, -0.2) is 9.78 Å². The number of fused-ring (bicyclic) bond motifs is 1. The van der Waals surface area contributed by atoms with Crippen molar-refractivity contribution >= 4 is 23.0 Å². The molecule has 82 valence electrons. The van der Waals surface area contributed by atoms with Gasteiger partial charge in [0.25, 0.3) is 0 Å². The SMILES string of the molecule is O=C(O)c1ccc2nc(NC3CC3)[nH]c2c1. The van der Waals surface area contributed by atoms with Gasteiger partial charge in [0.2, 0.25) is 5.95 Å². The minimum absolute atomic E-state index is 0.272. The van der Waals surface area contributed by atoms with Crippen molar-refractivity contribution in [1.82, 2.24) is 9.97 Å². The molecule has 0 saturated heterocycles. The van der Waals surface area contributed by atoms with E-state index in [1.54, 1.807) is 18.2 Å². The second-order valence-electron chi connectivity index (χ2n) is 4.04. The Morgan fingerprint density at radius 1 is 1.50 bits per heavy atom. The zero-order valence-electron chi connectivity index (χ0n) is 8.53. The predicted molar refractivity (Wildman–Crippen MR) is 59.7 cm³/mol. The largest absolute Gasteiger partial charge is 0.478 e. The van der Waals surface area contributed by atoms with Crippen LogP contribution >= 0.6 is 0 Å². The van der Waals surface area contributed by atoms with Crippen molar-refractivity contribution in [3.05, 3.63) is 23.8 Å². The Balaban J connectivity index is 1.99. The third-order valence-corrected chi connectivity index (χ3v) is 2.65. The van der Waals surface area contributed by atoms with E-state index in [4.69, 9.17) is 5.11 Å². The Morgan fingerprint density at radius 2 is 2.31 bits per heavy atom. The first-order valence-corrected chi connectivity index (χ1v) is 5.22. The maximum atomic E-state index is 10.8. The molecule has 1 heterocycles. The summed E-state index contributed by atoms with van der Waals surface area (Å²) in [6.45, 7) is 0. The van der Waals surface area contributed by atoms with Gasteiger partial charge in [-0.2, -0.15) is 0 Å². The average molecular weight is 217 g/mol. The zero-order chi connectivity index (χ0) is 11.1. The molecule has 1 aromatic heterocycles. The number of imidazole rings is 1. The number of rotatable bonds is 3. The Labute approximate surface area is 91.5 Å². The summed E-state index contributed by atoms with van der Waals surface area (Å²) < 4.78 is 0. The average Bonchev–Trinajstić information content (AvgIpc) is 2.96. The van der Waals surface area contributed by atoms with Gasteiger partial charge in [0.1, 0.15) is 0 Å². The Kier molecular flexibility index (Phi) is 1.86. The fraction of sp³-hybridized carbons (Fsp3) is 0.273. The molecule has 0 amide bonds. The number of aromatic carboxylic acids is 1. The molecule has 1 aromatic carbocycles. The highest BCUT2D eigenvalue weighted by Crippen LogP contribution is 2.24. The molecular formula is C11H11N3O2. The van der Waals surface area contributed by atoms with Gasteiger partial charge < -0.3 is 15.4 Å². The fourth-order valence-electron chi connectivity index (χ4n) is 1.63. The molecule has 1 fully saturated rings. The lowest BCUT2D eigenvalue weighted by molar-refractivity contribution is 0.0697. The number of anilines is 1. The minimum Gasteiger partial charge on any atom is -0.478 e. The highest BCUT2D eigenvalue weighted by atomic mass is 16.4. The van der Waals surface area contributed by atoms with Crippen molar-refractivity contribution in [2.24, 2.45) is 0 Å². The van der Waals surface area contributed by atoms with E-state index in [1.807, 2.05) is 0 Å². The van der Waals surface area contributed by atoms with Crippen molar-refractivity contribution in [2.45, 2.75) is 18.9 Å². The lowest BCUT2D eigenvalue weighted by Crippen LogP contribution is -2.01. The van der Waals surface area contributed by atoms with Gasteiger partial charge in [0.05, 0.1) is 16.6 Å². The van der Waals surface area contributed by atoms with Gasteiger partial charge in [-0.1, -0.05) is 0 Å². The van der Waals surface area contributed by atoms with Crippen LogP contribution < -0.4 is 5.32 Å².